The Hall–Kier alpha value is -3.73. The van der Waals surface area contributed by atoms with Gasteiger partial charge in [-0.3, -0.25) is 9.59 Å². The average Bonchev–Trinajstić information content (AvgIpc) is 2.68. The highest BCUT2D eigenvalue weighted by Gasteiger charge is 2.17. The Labute approximate surface area is 149 Å². The molecule has 0 bridgehead atoms. The second-order valence-corrected chi connectivity index (χ2v) is 5.59. The monoisotopic (exact) mass is 345 g/mol. The van der Waals surface area contributed by atoms with Gasteiger partial charge in [0.25, 0.3) is 5.91 Å². The van der Waals surface area contributed by atoms with E-state index in [2.05, 4.69) is 5.32 Å². The Kier molecular flexibility index (Phi) is 4.90. The molecule has 0 aromatic heterocycles. The van der Waals surface area contributed by atoms with E-state index in [1.165, 1.54) is 6.07 Å². The van der Waals surface area contributed by atoms with E-state index in [-0.39, 0.29) is 11.5 Å². The Morgan fingerprint density at radius 2 is 1.42 bits per heavy atom. The molecule has 0 saturated heterocycles. The minimum atomic E-state index is -1.06. The van der Waals surface area contributed by atoms with Crippen LogP contribution in [0.25, 0.3) is 11.1 Å². The first-order chi connectivity index (χ1) is 12.6. The van der Waals surface area contributed by atoms with Gasteiger partial charge in [0, 0.05) is 16.8 Å². The van der Waals surface area contributed by atoms with E-state index < -0.39 is 5.97 Å². The molecule has 0 radical (unpaired) electrons. The van der Waals surface area contributed by atoms with Crippen molar-refractivity contribution in [3.8, 4) is 11.1 Å². The third kappa shape index (κ3) is 3.52. The summed E-state index contributed by atoms with van der Waals surface area (Å²) in [5, 5.41) is 12.2. The smallest absolute Gasteiger partial charge is 0.336 e. The molecule has 0 aliphatic rings. The highest BCUT2D eigenvalue weighted by Crippen LogP contribution is 2.28. The van der Waals surface area contributed by atoms with Crippen LogP contribution >= 0.6 is 0 Å². The van der Waals surface area contributed by atoms with Crippen LogP contribution in [0.5, 0.6) is 0 Å². The van der Waals surface area contributed by atoms with Gasteiger partial charge < -0.3 is 10.4 Å². The topological polar surface area (TPSA) is 83.5 Å². The molecule has 3 aromatic carbocycles. The van der Waals surface area contributed by atoms with Crippen molar-refractivity contribution in [3.63, 3.8) is 0 Å². The molecule has 0 aliphatic carbocycles. The molecule has 0 spiro atoms. The van der Waals surface area contributed by atoms with Gasteiger partial charge in [-0.05, 0) is 35.4 Å². The lowest BCUT2D eigenvalue weighted by molar-refractivity contribution is 0.0697. The van der Waals surface area contributed by atoms with Gasteiger partial charge in [-0.2, -0.15) is 0 Å². The first-order valence-electron chi connectivity index (χ1n) is 7.88. The molecule has 26 heavy (non-hydrogen) atoms. The molecule has 5 nitrogen and oxygen atoms in total. The highest BCUT2D eigenvalue weighted by molar-refractivity contribution is 6.10. The van der Waals surface area contributed by atoms with E-state index in [9.17, 15) is 19.5 Å². The summed E-state index contributed by atoms with van der Waals surface area (Å²) in [4.78, 5) is 35.1. The van der Waals surface area contributed by atoms with E-state index in [0.717, 1.165) is 0 Å². The summed E-state index contributed by atoms with van der Waals surface area (Å²) >= 11 is 0. The van der Waals surface area contributed by atoms with Crippen molar-refractivity contribution >= 4 is 23.9 Å². The van der Waals surface area contributed by atoms with E-state index in [0.29, 0.717) is 34.2 Å². The Balaban J connectivity index is 2.01. The SMILES string of the molecule is O=Cc1cccc(NC(=O)c2ccccc2-c2ccccc2C(=O)O)c1. The van der Waals surface area contributed by atoms with Crippen LogP contribution in [-0.4, -0.2) is 23.3 Å². The molecular formula is C21H15NO4. The Morgan fingerprint density at radius 3 is 2.08 bits per heavy atom. The van der Waals surface area contributed by atoms with Crippen LogP contribution in [0.2, 0.25) is 0 Å². The average molecular weight is 345 g/mol. The fourth-order valence-corrected chi connectivity index (χ4v) is 2.71. The number of aromatic carboxylic acids is 1. The van der Waals surface area contributed by atoms with Crippen LogP contribution in [0.4, 0.5) is 5.69 Å². The van der Waals surface area contributed by atoms with Gasteiger partial charge in [0.05, 0.1) is 5.56 Å². The van der Waals surface area contributed by atoms with E-state index in [1.807, 2.05) is 0 Å². The molecule has 1 amide bonds. The largest absolute Gasteiger partial charge is 0.478 e. The van der Waals surface area contributed by atoms with E-state index in [1.54, 1.807) is 66.7 Å². The van der Waals surface area contributed by atoms with Crippen molar-refractivity contribution in [2.75, 3.05) is 5.32 Å². The van der Waals surface area contributed by atoms with Crippen LogP contribution < -0.4 is 5.32 Å². The number of carbonyl (C=O) groups excluding carboxylic acids is 2. The van der Waals surface area contributed by atoms with Crippen molar-refractivity contribution < 1.29 is 19.5 Å². The van der Waals surface area contributed by atoms with Gasteiger partial charge in [0.2, 0.25) is 0 Å². The second kappa shape index (κ2) is 7.44. The Morgan fingerprint density at radius 1 is 0.808 bits per heavy atom. The molecule has 3 rings (SSSR count). The number of hydrogen-bond acceptors (Lipinski definition) is 3. The maximum Gasteiger partial charge on any atom is 0.336 e. The number of anilines is 1. The lowest BCUT2D eigenvalue weighted by Gasteiger charge is -2.12. The molecule has 0 heterocycles. The van der Waals surface area contributed by atoms with E-state index >= 15 is 0 Å². The number of hydrogen-bond donors (Lipinski definition) is 2. The molecule has 5 heteroatoms. The standard InChI is InChI=1S/C21H15NO4/c23-13-14-6-5-7-15(12-14)22-20(24)18-10-3-1-8-16(18)17-9-2-4-11-19(17)21(25)26/h1-13H,(H,22,24)(H,25,26). The van der Waals surface area contributed by atoms with Crippen molar-refractivity contribution in [1.82, 2.24) is 0 Å². The summed E-state index contributed by atoms with van der Waals surface area (Å²) in [5.74, 6) is -1.45. The molecule has 0 fully saturated rings. The predicted molar refractivity (Wildman–Crippen MR) is 98.6 cm³/mol. The molecule has 0 saturated carbocycles. The number of benzene rings is 3. The van der Waals surface area contributed by atoms with Gasteiger partial charge >= 0.3 is 5.97 Å². The number of carbonyl (C=O) groups is 3. The van der Waals surface area contributed by atoms with Crippen LogP contribution in [0.1, 0.15) is 31.1 Å². The summed E-state index contributed by atoms with van der Waals surface area (Å²) < 4.78 is 0. The summed E-state index contributed by atoms with van der Waals surface area (Å²) in [5.41, 5.74) is 2.39. The lowest BCUT2D eigenvalue weighted by Crippen LogP contribution is -2.14. The molecule has 2 N–H and O–H groups in total. The zero-order valence-corrected chi connectivity index (χ0v) is 13.7. The number of amides is 1. The number of rotatable bonds is 5. The van der Waals surface area contributed by atoms with Gasteiger partial charge in [0.15, 0.2) is 0 Å². The van der Waals surface area contributed by atoms with Crippen molar-refractivity contribution in [3.05, 3.63) is 89.5 Å². The zero-order chi connectivity index (χ0) is 18.5. The molecule has 0 unspecified atom stereocenters. The number of nitrogens with one attached hydrogen (secondary N) is 1. The third-order valence-electron chi connectivity index (χ3n) is 3.90. The van der Waals surface area contributed by atoms with E-state index in [4.69, 9.17) is 0 Å². The normalized spacial score (nSPS) is 10.2. The Bertz CT molecular complexity index is 995. The van der Waals surface area contributed by atoms with Crippen LogP contribution in [0, 0.1) is 0 Å². The molecule has 128 valence electrons. The van der Waals surface area contributed by atoms with Gasteiger partial charge in [0.1, 0.15) is 6.29 Å². The van der Waals surface area contributed by atoms with Crippen LogP contribution in [0.15, 0.2) is 72.8 Å². The van der Waals surface area contributed by atoms with Crippen LogP contribution in [-0.2, 0) is 0 Å². The highest BCUT2D eigenvalue weighted by atomic mass is 16.4. The van der Waals surface area contributed by atoms with Crippen molar-refractivity contribution in [2.45, 2.75) is 0 Å². The number of carboxylic acids is 1. The predicted octanol–water partition coefficient (Wildman–Crippen LogP) is 4.12. The first-order valence-corrected chi connectivity index (χ1v) is 7.88. The van der Waals surface area contributed by atoms with Crippen molar-refractivity contribution in [1.29, 1.82) is 0 Å². The summed E-state index contributed by atoms with van der Waals surface area (Å²) in [6, 6.07) is 19.9. The number of carboxylic acid groups (broad SMARTS) is 1. The maximum atomic E-state index is 12.7. The number of aldehydes is 1. The minimum absolute atomic E-state index is 0.121. The molecule has 0 aliphatic heterocycles. The summed E-state index contributed by atoms with van der Waals surface area (Å²) in [6.45, 7) is 0. The zero-order valence-electron chi connectivity index (χ0n) is 13.7. The van der Waals surface area contributed by atoms with Crippen LogP contribution in [0.3, 0.4) is 0 Å². The first kappa shape index (κ1) is 17.1. The van der Waals surface area contributed by atoms with Crippen molar-refractivity contribution in [2.24, 2.45) is 0 Å². The quantitative estimate of drug-likeness (QED) is 0.682. The summed E-state index contributed by atoms with van der Waals surface area (Å²) in [6.07, 6.45) is 0.701. The molecule has 3 aromatic rings. The minimum Gasteiger partial charge on any atom is -0.478 e. The fourth-order valence-electron chi connectivity index (χ4n) is 2.71. The van der Waals surface area contributed by atoms with Gasteiger partial charge in [-0.1, -0.05) is 48.5 Å². The fraction of sp³-hybridized carbons (Fsp3) is 0. The molecular weight excluding hydrogens is 330 g/mol. The second-order valence-electron chi connectivity index (χ2n) is 5.59. The third-order valence-corrected chi connectivity index (χ3v) is 3.90. The lowest BCUT2D eigenvalue weighted by atomic mass is 9.95. The maximum absolute atomic E-state index is 12.7. The van der Waals surface area contributed by atoms with Gasteiger partial charge in [-0.25, -0.2) is 4.79 Å². The summed E-state index contributed by atoms with van der Waals surface area (Å²) in [7, 11) is 0. The molecule has 0 atom stereocenters. The van der Waals surface area contributed by atoms with Gasteiger partial charge in [-0.15, -0.1) is 0 Å².